The second-order valence-electron chi connectivity index (χ2n) is 6.20. The van der Waals surface area contributed by atoms with Gasteiger partial charge in [-0.15, -0.1) is 0 Å². The minimum atomic E-state index is -0.916. The van der Waals surface area contributed by atoms with Crippen LogP contribution in [0.15, 0.2) is 0 Å². The van der Waals surface area contributed by atoms with Crippen molar-refractivity contribution in [2.75, 3.05) is 6.54 Å². The van der Waals surface area contributed by atoms with Crippen LogP contribution >= 0.6 is 11.6 Å². The largest absolute Gasteiger partial charge is 0.388 e. The predicted molar refractivity (Wildman–Crippen MR) is 84.6 cm³/mol. The molecule has 1 unspecified atom stereocenters. The van der Waals surface area contributed by atoms with Crippen molar-refractivity contribution in [2.24, 2.45) is 13.0 Å². The minimum absolute atomic E-state index is 0.201. The van der Waals surface area contributed by atoms with Crippen LogP contribution in [0.25, 0.3) is 0 Å². The van der Waals surface area contributed by atoms with Gasteiger partial charge in [0.25, 0.3) is 5.91 Å². The van der Waals surface area contributed by atoms with Gasteiger partial charge in [0, 0.05) is 13.6 Å². The van der Waals surface area contributed by atoms with Crippen molar-refractivity contribution in [2.45, 2.75) is 52.6 Å². The van der Waals surface area contributed by atoms with Crippen LogP contribution in [0.4, 0.5) is 0 Å². The van der Waals surface area contributed by atoms with Crippen LogP contribution in [-0.4, -0.2) is 32.9 Å². The maximum atomic E-state index is 12.3. The van der Waals surface area contributed by atoms with Crippen LogP contribution in [0.2, 0.25) is 5.15 Å². The number of carbonyl (C=O) groups is 1. The second-order valence-corrected chi connectivity index (χ2v) is 6.56. The molecule has 0 aliphatic rings. The number of carbonyl (C=O) groups excluding carboxylic acids is 1. The maximum absolute atomic E-state index is 12.3. The lowest BCUT2D eigenvalue weighted by Crippen LogP contribution is -2.41. The normalized spacial score (nSPS) is 14.3. The molecule has 0 fully saturated rings. The van der Waals surface area contributed by atoms with Gasteiger partial charge in [0.15, 0.2) is 0 Å². The van der Waals surface area contributed by atoms with Gasteiger partial charge in [-0.1, -0.05) is 32.4 Å². The van der Waals surface area contributed by atoms with Crippen LogP contribution in [0, 0.1) is 5.92 Å². The first kappa shape index (κ1) is 18.0. The fraction of sp³-hybridized carbons (Fsp3) is 0.733. The van der Waals surface area contributed by atoms with Crippen molar-refractivity contribution in [3.05, 3.63) is 16.4 Å². The van der Waals surface area contributed by atoms with Crippen molar-refractivity contribution in [3.63, 3.8) is 0 Å². The predicted octanol–water partition coefficient (Wildman–Crippen LogP) is 2.55. The monoisotopic (exact) mass is 315 g/mol. The maximum Gasteiger partial charge on any atom is 0.256 e. The van der Waals surface area contributed by atoms with Crippen LogP contribution in [0.1, 0.15) is 56.6 Å². The van der Waals surface area contributed by atoms with Gasteiger partial charge in [-0.3, -0.25) is 9.48 Å². The first-order chi connectivity index (χ1) is 9.68. The average molecular weight is 316 g/mol. The van der Waals surface area contributed by atoms with E-state index in [1.807, 2.05) is 6.92 Å². The quantitative estimate of drug-likeness (QED) is 0.812. The Bertz CT molecular complexity index is 495. The molecule has 1 amide bonds. The van der Waals surface area contributed by atoms with Gasteiger partial charge >= 0.3 is 0 Å². The average Bonchev–Trinajstić information content (AvgIpc) is 2.70. The lowest BCUT2D eigenvalue weighted by molar-refractivity contribution is 0.0429. The van der Waals surface area contributed by atoms with E-state index in [1.165, 1.54) is 4.68 Å². The number of halogens is 1. The van der Waals surface area contributed by atoms with Gasteiger partial charge in [-0.2, -0.15) is 5.10 Å². The summed E-state index contributed by atoms with van der Waals surface area (Å²) in [6.07, 6.45) is 2.19. The molecule has 1 heterocycles. The highest BCUT2D eigenvalue weighted by atomic mass is 35.5. The Morgan fingerprint density at radius 1 is 1.52 bits per heavy atom. The van der Waals surface area contributed by atoms with Gasteiger partial charge in [0.05, 0.1) is 16.9 Å². The molecule has 6 heteroatoms. The van der Waals surface area contributed by atoms with E-state index in [9.17, 15) is 9.90 Å². The van der Waals surface area contributed by atoms with Gasteiger partial charge in [-0.05, 0) is 32.1 Å². The third-order valence-corrected chi connectivity index (χ3v) is 3.94. The number of nitrogens with one attached hydrogen (secondary N) is 1. The zero-order valence-corrected chi connectivity index (χ0v) is 14.3. The van der Waals surface area contributed by atoms with Crippen molar-refractivity contribution in [1.82, 2.24) is 15.1 Å². The van der Waals surface area contributed by atoms with Crippen molar-refractivity contribution < 1.29 is 9.90 Å². The Balaban J connectivity index is 2.70. The molecule has 0 saturated carbocycles. The zero-order valence-electron chi connectivity index (χ0n) is 13.5. The highest BCUT2D eigenvalue weighted by molar-refractivity contribution is 6.33. The van der Waals surface area contributed by atoms with Crippen LogP contribution in [0.5, 0.6) is 0 Å². The van der Waals surface area contributed by atoms with Crippen LogP contribution in [-0.2, 0) is 13.5 Å². The Kier molecular flexibility index (Phi) is 6.23. The number of aromatic nitrogens is 2. The molecule has 0 aromatic carbocycles. The lowest BCUT2D eigenvalue weighted by Gasteiger charge is -2.24. The molecule has 21 heavy (non-hydrogen) atoms. The Hall–Kier alpha value is -1.07. The minimum Gasteiger partial charge on any atom is -0.388 e. The summed E-state index contributed by atoms with van der Waals surface area (Å²) in [5, 5.41) is 17.6. The molecule has 1 aromatic heterocycles. The smallest absolute Gasteiger partial charge is 0.256 e. The molecule has 0 saturated heterocycles. The highest BCUT2D eigenvalue weighted by Crippen LogP contribution is 2.20. The van der Waals surface area contributed by atoms with Gasteiger partial charge in [0.1, 0.15) is 5.15 Å². The number of amides is 1. The first-order valence-corrected chi connectivity index (χ1v) is 7.77. The lowest BCUT2D eigenvalue weighted by atomic mass is 9.95. The number of hydrogen-bond acceptors (Lipinski definition) is 3. The Labute approximate surface area is 131 Å². The third kappa shape index (κ3) is 5.00. The highest BCUT2D eigenvalue weighted by Gasteiger charge is 2.25. The van der Waals surface area contributed by atoms with Crippen molar-refractivity contribution in [3.8, 4) is 0 Å². The molecule has 2 N–H and O–H groups in total. The van der Waals surface area contributed by atoms with E-state index in [0.717, 1.165) is 6.42 Å². The van der Waals surface area contributed by atoms with Crippen molar-refractivity contribution in [1.29, 1.82) is 0 Å². The molecular weight excluding hydrogens is 290 g/mol. The van der Waals surface area contributed by atoms with Crippen LogP contribution < -0.4 is 5.32 Å². The summed E-state index contributed by atoms with van der Waals surface area (Å²) in [7, 11) is 1.71. The van der Waals surface area contributed by atoms with E-state index in [0.29, 0.717) is 35.2 Å². The molecule has 5 nitrogen and oxygen atoms in total. The summed E-state index contributed by atoms with van der Waals surface area (Å²) < 4.78 is 1.49. The number of rotatable bonds is 7. The molecule has 120 valence electrons. The molecule has 0 radical (unpaired) electrons. The molecule has 0 aliphatic heterocycles. The zero-order chi connectivity index (χ0) is 16.2. The van der Waals surface area contributed by atoms with E-state index in [2.05, 4.69) is 24.3 Å². The second kappa shape index (κ2) is 7.27. The number of hydrogen-bond donors (Lipinski definition) is 2. The SMILES string of the molecule is CCc1nn(C)c(Cl)c1C(=O)NCC(C)(O)CCC(C)C. The fourth-order valence-corrected chi connectivity index (χ4v) is 2.31. The van der Waals surface area contributed by atoms with Gasteiger partial charge < -0.3 is 10.4 Å². The van der Waals surface area contributed by atoms with Crippen molar-refractivity contribution >= 4 is 17.5 Å². The Morgan fingerprint density at radius 3 is 2.67 bits per heavy atom. The summed E-state index contributed by atoms with van der Waals surface area (Å²) in [5.74, 6) is 0.237. The van der Waals surface area contributed by atoms with E-state index in [1.54, 1.807) is 14.0 Å². The summed E-state index contributed by atoms with van der Waals surface area (Å²) in [5.41, 5.74) is 0.157. The molecule has 1 aromatic rings. The molecule has 0 bridgehead atoms. The molecule has 1 rings (SSSR count). The summed E-state index contributed by atoms with van der Waals surface area (Å²) in [6.45, 7) is 8.08. The molecule has 0 spiro atoms. The van der Waals surface area contributed by atoms with Crippen LogP contribution in [0.3, 0.4) is 0 Å². The number of aryl methyl sites for hydroxylation is 2. The van der Waals surface area contributed by atoms with E-state index in [-0.39, 0.29) is 12.5 Å². The number of nitrogens with zero attached hydrogens (tertiary/aromatic N) is 2. The van der Waals surface area contributed by atoms with E-state index in [4.69, 9.17) is 11.6 Å². The van der Waals surface area contributed by atoms with E-state index < -0.39 is 5.60 Å². The summed E-state index contributed by atoms with van der Waals surface area (Å²) in [6, 6.07) is 0. The summed E-state index contributed by atoms with van der Waals surface area (Å²) in [4.78, 5) is 12.3. The number of aliphatic hydroxyl groups is 1. The molecule has 1 atom stereocenters. The fourth-order valence-electron chi connectivity index (χ4n) is 2.08. The third-order valence-electron chi connectivity index (χ3n) is 3.50. The van der Waals surface area contributed by atoms with Gasteiger partial charge in [0.2, 0.25) is 0 Å². The van der Waals surface area contributed by atoms with Gasteiger partial charge in [-0.25, -0.2) is 0 Å². The topological polar surface area (TPSA) is 67.2 Å². The Morgan fingerprint density at radius 2 is 2.14 bits per heavy atom. The standard InChI is InChI=1S/C15H26ClN3O2/c1-6-11-12(13(16)19(5)18-11)14(20)17-9-15(4,21)8-7-10(2)3/h10,21H,6-9H2,1-5H3,(H,17,20). The molecule has 0 aliphatic carbocycles. The van der Waals surface area contributed by atoms with E-state index >= 15 is 0 Å². The molecular formula is C15H26ClN3O2. The first-order valence-electron chi connectivity index (χ1n) is 7.40. The summed E-state index contributed by atoms with van der Waals surface area (Å²) >= 11 is 6.12.